The molecule has 25 heavy (non-hydrogen) atoms. The lowest BCUT2D eigenvalue weighted by Crippen LogP contribution is -2.31. The first-order valence-corrected chi connectivity index (χ1v) is 7.72. The summed E-state index contributed by atoms with van der Waals surface area (Å²) in [5.74, 6) is 0.0457. The van der Waals surface area contributed by atoms with Crippen molar-refractivity contribution in [3.05, 3.63) is 63.2 Å². The van der Waals surface area contributed by atoms with Crippen molar-refractivity contribution in [3.8, 4) is 11.5 Å². The van der Waals surface area contributed by atoms with E-state index in [4.69, 9.17) is 21.1 Å². The van der Waals surface area contributed by atoms with E-state index < -0.39 is 4.92 Å². The van der Waals surface area contributed by atoms with Crippen LogP contribution in [-0.2, 0) is 11.3 Å². The largest absolute Gasteiger partial charge is 0.496 e. The van der Waals surface area contributed by atoms with Crippen molar-refractivity contribution in [2.24, 2.45) is 0 Å². The van der Waals surface area contributed by atoms with E-state index in [9.17, 15) is 14.9 Å². The fraction of sp³-hybridized carbons (Fsp3) is 0.235. The molecular weight excluding hydrogens is 348 g/mol. The van der Waals surface area contributed by atoms with Gasteiger partial charge in [0.1, 0.15) is 5.75 Å². The Balaban J connectivity index is 1.99. The van der Waals surface area contributed by atoms with Gasteiger partial charge in [-0.2, -0.15) is 0 Å². The molecule has 0 aliphatic rings. The molecular formula is C17H17ClN2O5. The number of carbonyl (C=O) groups excluding carboxylic acids is 1. The number of halogens is 1. The molecule has 132 valence electrons. The minimum atomic E-state index is -0.584. The van der Waals surface area contributed by atoms with Crippen LogP contribution in [0.2, 0.25) is 5.02 Å². The molecule has 0 aromatic heterocycles. The molecule has 0 aliphatic carbocycles. The van der Waals surface area contributed by atoms with Crippen molar-refractivity contribution in [2.45, 2.75) is 6.54 Å². The van der Waals surface area contributed by atoms with Crippen LogP contribution in [0.3, 0.4) is 0 Å². The average molecular weight is 365 g/mol. The zero-order chi connectivity index (χ0) is 18.4. The Bertz CT molecular complexity index is 764. The van der Waals surface area contributed by atoms with Crippen molar-refractivity contribution >= 4 is 23.2 Å². The van der Waals surface area contributed by atoms with E-state index in [1.807, 2.05) is 12.1 Å². The van der Waals surface area contributed by atoms with Crippen LogP contribution in [0.5, 0.6) is 11.5 Å². The molecule has 0 spiro atoms. The normalized spacial score (nSPS) is 10.2. The highest BCUT2D eigenvalue weighted by molar-refractivity contribution is 6.30. The summed E-state index contributed by atoms with van der Waals surface area (Å²) < 4.78 is 10.3. The minimum Gasteiger partial charge on any atom is -0.496 e. The Morgan fingerprint density at radius 1 is 1.24 bits per heavy atom. The van der Waals surface area contributed by atoms with Gasteiger partial charge in [0.2, 0.25) is 0 Å². The Morgan fingerprint density at radius 3 is 2.52 bits per heavy atom. The number of rotatable bonds is 7. The van der Waals surface area contributed by atoms with Gasteiger partial charge in [0.25, 0.3) is 5.91 Å². The quantitative estimate of drug-likeness (QED) is 0.556. The zero-order valence-electron chi connectivity index (χ0n) is 13.8. The standard InChI is InChI=1S/C17H17ClN2O5/c1-19(10-12-3-5-13(18)6-4-12)17(21)11-25-16-8-7-14(24-2)9-15(16)20(22)23/h3-9H,10-11H2,1-2H3. The molecule has 2 aromatic rings. The molecule has 2 rings (SSSR count). The number of nitro groups is 1. The topological polar surface area (TPSA) is 81.9 Å². The highest BCUT2D eigenvalue weighted by atomic mass is 35.5. The number of carbonyl (C=O) groups is 1. The number of hydrogen-bond acceptors (Lipinski definition) is 5. The van der Waals surface area contributed by atoms with Crippen LogP contribution in [0.1, 0.15) is 5.56 Å². The number of amides is 1. The van der Waals surface area contributed by atoms with Crippen LogP contribution in [0, 0.1) is 10.1 Å². The van der Waals surface area contributed by atoms with E-state index in [1.54, 1.807) is 19.2 Å². The highest BCUT2D eigenvalue weighted by Gasteiger charge is 2.18. The molecule has 2 aromatic carbocycles. The molecule has 0 aliphatic heterocycles. The molecule has 0 bridgehead atoms. The van der Waals surface area contributed by atoms with Gasteiger partial charge in [0.05, 0.1) is 18.1 Å². The first-order valence-electron chi connectivity index (χ1n) is 7.34. The Hall–Kier alpha value is -2.80. The van der Waals surface area contributed by atoms with Crippen LogP contribution >= 0.6 is 11.6 Å². The van der Waals surface area contributed by atoms with Crippen LogP contribution in [0.25, 0.3) is 0 Å². The lowest BCUT2D eigenvalue weighted by atomic mass is 10.2. The van der Waals surface area contributed by atoms with Crippen molar-refractivity contribution in [2.75, 3.05) is 20.8 Å². The summed E-state index contributed by atoms with van der Waals surface area (Å²) in [6.45, 7) is 0.0708. The SMILES string of the molecule is COc1ccc(OCC(=O)N(C)Cc2ccc(Cl)cc2)c([N+](=O)[O-])c1. The van der Waals surface area contributed by atoms with E-state index in [0.29, 0.717) is 17.3 Å². The zero-order valence-corrected chi connectivity index (χ0v) is 14.5. The van der Waals surface area contributed by atoms with Gasteiger partial charge < -0.3 is 14.4 Å². The van der Waals surface area contributed by atoms with Gasteiger partial charge in [-0.05, 0) is 29.8 Å². The van der Waals surface area contributed by atoms with Crippen LogP contribution in [-0.4, -0.2) is 36.5 Å². The predicted molar refractivity (Wildman–Crippen MR) is 93.1 cm³/mol. The molecule has 0 unspecified atom stereocenters. The Labute approximate surface area is 149 Å². The number of benzene rings is 2. The summed E-state index contributed by atoms with van der Waals surface area (Å²) in [6.07, 6.45) is 0. The van der Waals surface area contributed by atoms with Gasteiger partial charge in [-0.15, -0.1) is 0 Å². The van der Waals surface area contributed by atoms with Gasteiger partial charge in [-0.3, -0.25) is 14.9 Å². The number of nitrogens with zero attached hydrogens (tertiary/aromatic N) is 2. The van der Waals surface area contributed by atoms with E-state index in [0.717, 1.165) is 5.56 Å². The summed E-state index contributed by atoms with van der Waals surface area (Å²) in [5, 5.41) is 11.7. The maximum atomic E-state index is 12.2. The molecule has 0 saturated heterocycles. The summed E-state index contributed by atoms with van der Waals surface area (Å²) >= 11 is 5.83. The summed E-state index contributed by atoms with van der Waals surface area (Å²) in [7, 11) is 3.04. The molecule has 0 atom stereocenters. The highest BCUT2D eigenvalue weighted by Crippen LogP contribution is 2.31. The maximum Gasteiger partial charge on any atom is 0.314 e. The van der Waals surface area contributed by atoms with Crippen LogP contribution < -0.4 is 9.47 Å². The van der Waals surface area contributed by atoms with Crippen LogP contribution in [0.15, 0.2) is 42.5 Å². The maximum absolute atomic E-state index is 12.2. The third-order valence-corrected chi connectivity index (χ3v) is 3.72. The number of methoxy groups -OCH3 is 1. The van der Waals surface area contributed by atoms with Gasteiger partial charge in [0, 0.05) is 18.6 Å². The molecule has 0 fully saturated rings. The molecule has 1 amide bonds. The molecule has 8 heteroatoms. The molecule has 0 saturated carbocycles. The van der Waals surface area contributed by atoms with E-state index in [2.05, 4.69) is 0 Å². The lowest BCUT2D eigenvalue weighted by molar-refractivity contribution is -0.385. The fourth-order valence-corrected chi connectivity index (χ4v) is 2.22. The minimum absolute atomic E-state index is 0.0130. The first-order chi connectivity index (χ1) is 11.9. The Morgan fingerprint density at radius 2 is 1.92 bits per heavy atom. The van der Waals surface area contributed by atoms with Crippen molar-refractivity contribution < 1.29 is 19.2 Å². The second kappa shape index (κ2) is 8.34. The number of hydrogen-bond donors (Lipinski definition) is 0. The lowest BCUT2D eigenvalue weighted by Gasteiger charge is -2.17. The fourth-order valence-electron chi connectivity index (χ4n) is 2.09. The van der Waals surface area contributed by atoms with Gasteiger partial charge in [0.15, 0.2) is 12.4 Å². The van der Waals surface area contributed by atoms with Gasteiger partial charge in [-0.25, -0.2) is 0 Å². The molecule has 0 N–H and O–H groups in total. The molecule has 7 nitrogen and oxygen atoms in total. The third-order valence-electron chi connectivity index (χ3n) is 3.47. The summed E-state index contributed by atoms with van der Waals surface area (Å²) in [5.41, 5.74) is 0.656. The smallest absolute Gasteiger partial charge is 0.314 e. The van der Waals surface area contributed by atoms with Crippen molar-refractivity contribution in [1.82, 2.24) is 4.90 Å². The summed E-state index contributed by atoms with van der Waals surface area (Å²) in [4.78, 5) is 24.2. The second-order valence-corrected chi connectivity index (χ2v) is 5.69. The van der Waals surface area contributed by atoms with E-state index in [-0.39, 0.29) is 24.0 Å². The van der Waals surface area contributed by atoms with Crippen molar-refractivity contribution in [1.29, 1.82) is 0 Å². The monoisotopic (exact) mass is 364 g/mol. The van der Waals surface area contributed by atoms with Gasteiger partial charge in [-0.1, -0.05) is 23.7 Å². The number of nitro benzene ring substituents is 1. The number of likely N-dealkylation sites (N-methyl/N-ethyl adjacent to an activating group) is 1. The predicted octanol–water partition coefficient (Wildman–Crippen LogP) is 3.29. The van der Waals surface area contributed by atoms with E-state index >= 15 is 0 Å². The van der Waals surface area contributed by atoms with Crippen LogP contribution in [0.4, 0.5) is 5.69 Å². The Kier molecular flexibility index (Phi) is 6.19. The number of ether oxygens (including phenoxy) is 2. The van der Waals surface area contributed by atoms with E-state index in [1.165, 1.54) is 30.2 Å². The third kappa shape index (κ3) is 5.09. The first kappa shape index (κ1) is 18.5. The second-order valence-electron chi connectivity index (χ2n) is 5.26. The summed E-state index contributed by atoms with van der Waals surface area (Å²) in [6, 6.07) is 11.3. The van der Waals surface area contributed by atoms with Crippen molar-refractivity contribution in [3.63, 3.8) is 0 Å². The molecule has 0 heterocycles. The average Bonchev–Trinajstić information content (AvgIpc) is 2.61. The van der Waals surface area contributed by atoms with Gasteiger partial charge >= 0.3 is 5.69 Å². The molecule has 0 radical (unpaired) electrons.